The molecule has 7 nitrogen and oxygen atoms in total. The molecule has 1 atom stereocenters. The molecule has 0 spiro atoms. The molecule has 9 heteroatoms. The van der Waals surface area contributed by atoms with Crippen molar-refractivity contribution in [3.63, 3.8) is 0 Å². The van der Waals surface area contributed by atoms with Crippen molar-refractivity contribution in [2.24, 2.45) is 0 Å². The highest BCUT2D eigenvalue weighted by molar-refractivity contribution is 9.10. The fraction of sp³-hybridized carbons (Fsp3) is 0.333. The maximum Gasteiger partial charge on any atom is 0.244 e. The monoisotopic (exact) mass is 495 g/mol. The zero-order valence-electron chi connectivity index (χ0n) is 17.4. The Morgan fingerprint density at radius 1 is 1.07 bits per heavy atom. The van der Waals surface area contributed by atoms with Crippen molar-refractivity contribution in [2.75, 3.05) is 24.2 Å². The Hall–Kier alpha value is -2.39. The van der Waals surface area contributed by atoms with Crippen LogP contribution in [0.5, 0.6) is 0 Å². The van der Waals surface area contributed by atoms with Crippen LogP contribution in [-0.2, 0) is 26.2 Å². The van der Waals surface area contributed by atoms with Gasteiger partial charge in [-0.3, -0.25) is 13.9 Å². The number of sulfonamides is 1. The number of hydrogen-bond donors (Lipinski definition) is 1. The molecule has 0 saturated heterocycles. The molecule has 1 N–H and O–H groups in total. The molecule has 0 saturated carbocycles. The second kappa shape index (κ2) is 10.1. The Bertz CT molecular complexity index is 992. The van der Waals surface area contributed by atoms with Crippen molar-refractivity contribution in [3.8, 4) is 0 Å². The van der Waals surface area contributed by atoms with E-state index in [9.17, 15) is 18.0 Å². The van der Waals surface area contributed by atoms with Crippen LogP contribution < -0.4 is 9.62 Å². The SMILES string of the molecule is CNC(=O)[C@H](C)N(Cc1ccc(Br)cc1)C(=O)CN(c1ccc(C)cc1)S(C)(=O)=O. The van der Waals surface area contributed by atoms with Gasteiger partial charge in [0.1, 0.15) is 12.6 Å². The van der Waals surface area contributed by atoms with Crippen LogP contribution in [0.25, 0.3) is 0 Å². The van der Waals surface area contributed by atoms with Crippen molar-refractivity contribution in [1.29, 1.82) is 0 Å². The predicted octanol–water partition coefficient (Wildman–Crippen LogP) is 2.69. The first-order valence-corrected chi connectivity index (χ1v) is 12.0. The average Bonchev–Trinajstić information content (AvgIpc) is 2.70. The molecular weight excluding hydrogens is 470 g/mol. The second-order valence-corrected chi connectivity index (χ2v) is 9.87. The van der Waals surface area contributed by atoms with Gasteiger partial charge in [0.05, 0.1) is 11.9 Å². The summed E-state index contributed by atoms with van der Waals surface area (Å²) >= 11 is 3.37. The quantitative estimate of drug-likeness (QED) is 0.609. The molecule has 2 aromatic rings. The van der Waals surface area contributed by atoms with Crippen LogP contribution in [0.4, 0.5) is 5.69 Å². The lowest BCUT2D eigenvalue weighted by Crippen LogP contribution is -2.50. The number of halogens is 1. The number of carbonyl (C=O) groups excluding carboxylic acids is 2. The van der Waals surface area contributed by atoms with Crippen molar-refractivity contribution in [2.45, 2.75) is 26.4 Å². The molecule has 162 valence electrons. The molecular formula is C21H26BrN3O4S. The summed E-state index contributed by atoms with van der Waals surface area (Å²) in [6, 6.07) is 13.5. The number of aryl methyl sites for hydroxylation is 1. The van der Waals surface area contributed by atoms with E-state index in [0.29, 0.717) is 5.69 Å². The van der Waals surface area contributed by atoms with Gasteiger partial charge in [-0.25, -0.2) is 8.42 Å². The number of hydrogen-bond acceptors (Lipinski definition) is 4. The van der Waals surface area contributed by atoms with E-state index < -0.39 is 28.5 Å². The zero-order chi connectivity index (χ0) is 22.5. The van der Waals surface area contributed by atoms with Crippen molar-refractivity contribution in [3.05, 3.63) is 64.1 Å². The Labute approximate surface area is 186 Å². The molecule has 30 heavy (non-hydrogen) atoms. The Balaban J connectivity index is 2.35. The zero-order valence-corrected chi connectivity index (χ0v) is 19.8. The van der Waals surface area contributed by atoms with E-state index in [2.05, 4.69) is 21.2 Å². The lowest BCUT2D eigenvalue weighted by Gasteiger charge is -2.31. The van der Waals surface area contributed by atoms with Crippen LogP contribution in [0.2, 0.25) is 0 Å². The number of carbonyl (C=O) groups is 2. The summed E-state index contributed by atoms with van der Waals surface area (Å²) in [5, 5.41) is 2.54. The lowest BCUT2D eigenvalue weighted by atomic mass is 10.1. The summed E-state index contributed by atoms with van der Waals surface area (Å²) in [6.45, 7) is 3.28. The molecule has 0 unspecified atom stereocenters. The Kier molecular flexibility index (Phi) is 8.03. The maximum absolute atomic E-state index is 13.2. The normalized spacial score (nSPS) is 12.2. The van der Waals surface area contributed by atoms with E-state index in [1.807, 2.05) is 31.2 Å². The molecule has 0 aromatic heterocycles. The fourth-order valence-corrected chi connectivity index (χ4v) is 4.02. The molecule has 2 amide bonds. The van der Waals surface area contributed by atoms with Crippen LogP contribution in [0, 0.1) is 6.92 Å². The molecule has 0 heterocycles. The first-order chi connectivity index (χ1) is 14.0. The van der Waals surface area contributed by atoms with Crippen LogP contribution >= 0.6 is 15.9 Å². The van der Waals surface area contributed by atoms with E-state index >= 15 is 0 Å². The molecule has 0 aliphatic carbocycles. The van der Waals surface area contributed by atoms with Gasteiger partial charge < -0.3 is 10.2 Å². The summed E-state index contributed by atoms with van der Waals surface area (Å²) in [4.78, 5) is 26.8. The fourth-order valence-electron chi connectivity index (χ4n) is 2.90. The third-order valence-corrected chi connectivity index (χ3v) is 6.35. The number of nitrogens with zero attached hydrogens (tertiary/aromatic N) is 2. The van der Waals surface area contributed by atoms with Crippen molar-refractivity contribution in [1.82, 2.24) is 10.2 Å². The molecule has 0 aliphatic rings. The second-order valence-electron chi connectivity index (χ2n) is 7.04. The summed E-state index contributed by atoms with van der Waals surface area (Å²) in [5.74, 6) is -0.804. The van der Waals surface area contributed by atoms with Crippen molar-refractivity contribution < 1.29 is 18.0 Å². The molecule has 0 aliphatic heterocycles. The molecule has 0 fully saturated rings. The largest absolute Gasteiger partial charge is 0.357 e. The topological polar surface area (TPSA) is 86.8 Å². The van der Waals surface area contributed by atoms with E-state index in [1.165, 1.54) is 11.9 Å². The molecule has 0 radical (unpaired) electrons. The van der Waals surface area contributed by atoms with E-state index in [-0.39, 0.29) is 12.5 Å². The van der Waals surface area contributed by atoms with Gasteiger partial charge in [-0.15, -0.1) is 0 Å². The Morgan fingerprint density at radius 2 is 1.63 bits per heavy atom. The summed E-state index contributed by atoms with van der Waals surface area (Å²) in [5.41, 5.74) is 2.19. The van der Waals surface area contributed by atoms with Gasteiger partial charge in [-0.1, -0.05) is 45.8 Å². The first-order valence-electron chi connectivity index (χ1n) is 9.33. The van der Waals surface area contributed by atoms with Crippen LogP contribution in [0.1, 0.15) is 18.1 Å². The highest BCUT2D eigenvalue weighted by Gasteiger charge is 2.29. The first kappa shape index (κ1) is 23.9. The number of benzene rings is 2. The third kappa shape index (κ3) is 6.30. The molecule has 0 bridgehead atoms. The number of anilines is 1. The van der Waals surface area contributed by atoms with Gasteiger partial charge in [-0.2, -0.15) is 0 Å². The lowest BCUT2D eigenvalue weighted by molar-refractivity contribution is -0.139. The molecule has 2 rings (SSSR count). The number of amides is 2. The van der Waals surface area contributed by atoms with Crippen molar-refractivity contribution >= 4 is 43.5 Å². The van der Waals surface area contributed by atoms with Gasteiger partial charge in [0, 0.05) is 18.1 Å². The summed E-state index contributed by atoms with van der Waals surface area (Å²) in [6.07, 6.45) is 1.06. The minimum Gasteiger partial charge on any atom is -0.357 e. The number of nitrogens with one attached hydrogen (secondary N) is 1. The van der Waals surface area contributed by atoms with E-state index in [4.69, 9.17) is 0 Å². The van der Waals surface area contributed by atoms with E-state index in [0.717, 1.165) is 26.2 Å². The minimum atomic E-state index is -3.71. The third-order valence-electron chi connectivity index (χ3n) is 4.68. The number of rotatable bonds is 8. The molecule has 2 aromatic carbocycles. The standard InChI is InChI=1S/C21H26BrN3O4S/c1-15-5-11-19(12-6-15)25(30(4,28)29)14-20(26)24(16(2)21(27)23-3)13-17-7-9-18(22)10-8-17/h5-12,16H,13-14H2,1-4H3,(H,23,27)/t16-/m0/s1. The van der Waals surface area contributed by atoms with Gasteiger partial charge in [0.25, 0.3) is 0 Å². The highest BCUT2D eigenvalue weighted by atomic mass is 79.9. The minimum absolute atomic E-state index is 0.173. The van der Waals surface area contributed by atoms with Crippen LogP contribution in [0.3, 0.4) is 0 Å². The van der Waals surface area contributed by atoms with E-state index in [1.54, 1.807) is 31.2 Å². The maximum atomic E-state index is 13.2. The highest BCUT2D eigenvalue weighted by Crippen LogP contribution is 2.20. The number of likely N-dealkylation sites (N-methyl/N-ethyl adjacent to an activating group) is 1. The van der Waals surface area contributed by atoms with Crippen LogP contribution in [0.15, 0.2) is 53.0 Å². The Morgan fingerprint density at radius 3 is 2.13 bits per heavy atom. The van der Waals surface area contributed by atoms with Gasteiger partial charge in [0.2, 0.25) is 21.8 Å². The summed E-state index contributed by atoms with van der Waals surface area (Å²) < 4.78 is 26.8. The summed E-state index contributed by atoms with van der Waals surface area (Å²) in [7, 11) is -2.21. The predicted molar refractivity (Wildman–Crippen MR) is 122 cm³/mol. The van der Waals surface area contributed by atoms with Crippen LogP contribution in [-0.4, -0.2) is 51.0 Å². The van der Waals surface area contributed by atoms with Gasteiger partial charge in [-0.05, 0) is 43.7 Å². The van der Waals surface area contributed by atoms with Gasteiger partial charge in [0.15, 0.2) is 0 Å². The smallest absolute Gasteiger partial charge is 0.244 e. The average molecular weight is 496 g/mol. The van der Waals surface area contributed by atoms with Gasteiger partial charge >= 0.3 is 0 Å².